The van der Waals surface area contributed by atoms with Gasteiger partial charge in [-0.1, -0.05) is 30.4 Å². The number of carbonyl (C=O) groups is 1. The van der Waals surface area contributed by atoms with Crippen LogP contribution in [0.5, 0.6) is 5.75 Å². The first-order valence-corrected chi connectivity index (χ1v) is 9.12. The fourth-order valence-electron chi connectivity index (χ4n) is 2.30. The summed E-state index contributed by atoms with van der Waals surface area (Å²) in [6, 6.07) is 6.22. The SMILES string of the molecule is Cc1c(/C=C/c2cc(C=O)ccc2C(F)(F)F)cccc1OS(=O)(=O)C(F)(F)F. The van der Waals surface area contributed by atoms with Crippen LogP contribution in [0.25, 0.3) is 12.2 Å². The Morgan fingerprint density at radius 2 is 1.55 bits per heavy atom. The second-order valence-corrected chi connectivity index (χ2v) is 7.29. The maximum absolute atomic E-state index is 13.1. The van der Waals surface area contributed by atoms with Crippen LogP contribution in [-0.2, 0) is 16.3 Å². The Morgan fingerprint density at radius 3 is 2.10 bits per heavy atom. The number of rotatable bonds is 5. The summed E-state index contributed by atoms with van der Waals surface area (Å²) in [7, 11) is -5.90. The molecule has 0 aromatic heterocycles. The molecule has 4 nitrogen and oxygen atoms in total. The number of benzene rings is 2. The molecular weight excluding hydrogens is 426 g/mol. The molecule has 0 radical (unpaired) electrons. The fourth-order valence-corrected chi connectivity index (χ4v) is 2.81. The number of carbonyl (C=O) groups excluding carboxylic acids is 1. The molecule has 0 fully saturated rings. The molecule has 0 saturated heterocycles. The van der Waals surface area contributed by atoms with Crippen molar-refractivity contribution in [2.75, 3.05) is 0 Å². The van der Waals surface area contributed by atoms with Crippen LogP contribution in [0.1, 0.15) is 32.6 Å². The molecule has 0 aliphatic heterocycles. The smallest absolute Gasteiger partial charge is 0.376 e. The highest BCUT2D eigenvalue weighted by molar-refractivity contribution is 7.88. The molecule has 0 atom stereocenters. The minimum atomic E-state index is -5.90. The predicted octanol–water partition coefficient (Wildman–Crippen LogP) is 5.23. The molecular formula is C18H12F6O4S. The van der Waals surface area contributed by atoms with Crippen molar-refractivity contribution < 1.29 is 43.7 Å². The van der Waals surface area contributed by atoms with Gasteiger partial charge in [-0.3, -0.25) is 4.79 Å². The molecule has 11 heteroatoms. The first kappa shape index (κ1) is 22.5. The van der Waals surface area contributed by atoms with E-state index in [-0.39, 0.29) is 22.3 Å². The number of alkyl halides is 6. The molecule has 0 saturated carbocycles. The van der Waals surface area contributed by atoms with Crippen LogP contribution < -0.4 is 4.18 Å². The Labute approximate surface area is 161 Å². The first-order valence-electron chi connectivity index (χ1n) is 7.71. The first-order chi connectivity index (χ1) is 13.3. The van der Waals surface area contributed by atoms with Crippen molar-refractivity contribution in [2.24, 2.45) is 0 Å². The monoisotopic (exact) mass is 438 g/mol. The van der Waals surface area contributed by atoms with Crippen molar-refractivity contribution >= 4 is 28.6 Å². The van der Waals surface area contributed by atoms with Crippen LogP contribution >= 0.6 is 0 Å². The maximum atomic E-state index is 13.1. The van der Waals surface area contributed by atoms with E-state index in [1.165, 1.54) is 19.1 Å². The van der Waals surface area contributed by atoms with Crippen LogP contribution in [0, 0.1) is 6.92 Å². The van der Waals surface area contributed by atoms with Crippen molar-refractivity contribution in [3.63, 3.8) is 0 Å². The van der Waals surface area contributed by atoms with Crippen LogP contribution in [-0.4, -0.2) is 20.2 Å². The highest BCUT2D eigenvalue weighted by Gasteiger charge is 2.48. The van der Waals surface area contributed by atoms with Crippen LogP contribution in [0.4, 0.5) is 26.3 Å². The lowest BCUT2D eigenvalue weighted by Gasteiger charge is -2.13. The Bertz CT molecular complexity index is 1050. The van der Waals surface area contributed by atoms with E-state index in [1.807, 2.05) is 0 Å². The third-order valence-electron chi connectivity index (χ3n) is 3.77. The average molecular weight is 438 g/mol. The Kier molecular flexibility index (Phi) is 6.12. The summed E-state index contributed by atoms with van der Waals surface area (Å²) in [6.07, 6.45) is -2.19. The topological polar surface area (TPSA) is 60.4 Å². The van der Waals surface area contributed by atoms with Crippen molar-refractivity contribution in [3.8, 4) is 5.75 Å². The molecule has 0 heterocycles. The molecule has 0 N–H and O–H groups in total. The molecule has 0 bridgehead atoms. The summed E-state index contributed by atoms with van der Waals surface area (Å²) in [5.74, 6) is -0.623. The molecule has 2 aromatic carbocycles. The Morgan fingerprint density at radius 1 is 0.931 bits per heavy atom. The van der Waals surface area contributed by atoms with Gasteiger partial charge in [0.25, 0.3) is 0 Å². The number of hydrogen-bond acceptors (Lipinski definition) is 4. The van der Waals surface area contributed by atoms with Gasteiger partial charge in [0, 0.05) is 11.1 Å². The van der Waals surface area contributed by atoms with Gasteiger partial charge in [-0.2, -0.15) is 34.8 Å². The van der Waals surface area contributed by atoms with E-state index < -0.39 is 33.1 Å². The van der Waals surface area contributed by atoms with E-state index >= 15 is 0 Å². The van der Waals surface area contributed by atoms with Gasteiger partial charge in [-0.15, -0.1) is 0 Å². The highest BCUT2D eigenvalue weighted by atomic mass is 32.2. The fraction of sp³-hybridized carbons (Fsp3) is 0.167. The quantitative estimate of drug-likeness (QED) is 0.211. The largest absolute Gasteiger partial charge is 0.534 e. The zero-order valence-electron chi connectivity index (χ0n) is 14.5. The van der Waals surface area contributed by atoms with Gasteiger partial charge in [0.2, 0.25) is 0 Å². The number of hydrogen-bond donors (Lipinski definition) is 0. The second-order valence-electron chi connectivity index (χ2n) is 5.75. The lowest BCUT2D eigenvalue weighted by atomic mass is 10.0. The van der Waals surface area contributed by atoms with Gasteiger partial charge in [0.1, 0.15) is 12.0 Å². The van der Waals surface area contributed by atoms with E-state index in [0.29, 0.717) is 6.29 Å². The van der Waals surface area contributed by atoms with Gasteiger partial charge in [-0.05, 0) is 36.2 Å². The Balaban J connectivity index is 2.47. The van der Waals surface area contributed by atoms with Gasteiger partial charge >= 0.3 is 21.8 Å². The summed E-state index contributed by atoms with van der Waals surface area (Å²) >= 11 is 0. The summed E-state index contributed by atoms with van der Waals surface area (Å²) in [5.41, 5.74) is -6.95. The lowest BCUT2D eigenvalue weighted by molar-refractivity contribution is -0.137. The zero-order valence-corrected chi connectivity index (χ0v) is 15.3. The van der Waals surface area contributed by atoms with Gasteiger partial charge in [0.15, 0.2) is 0 Å². The normalized spacial score (nSPS) is 12.9. The molecule has 156 valence electrons. The zero-order chi connectivity index (χ0) is 22.0. The van der Waals surface area contributed by atoms with Gasteiger partial charge in [-0.25, -0.2) is 0 Å². The molecule has 0 spiro atoms. The number of aldehydes is 1. The van der Waals surface area contributed by atoms with Gasteiger partial charge < -0.3 is 4.18 Å². The van der Waals surface area contributed by atoms with Crippen LogP contribution in [0.15, 0.2) is 36.4 Å². The molecule has 0 aliphatic rings. The molecule has 2 aromatic rings. The molecule has 0 aliphatic carbocycles. The summed E-state index contributed by atoms with van der Waals surface area (Å²) in [5, 5.41) is 0. The molecule has 0 unspecified atom stereocenters. The number of halogens is 6. The molecule has 2 rings (SSSR count). The minimum absolute atomic E-state index is 0.0114. The van der Waals surface area contributed by atoms with E-state index in [2.05, 4.69) is 4.18 Å². The van der Waals surface area contributed by atoms with E-state index in [4.69, 9.17) is 0 Å². The third-order valence-corrected chi connectivity index (χ3v) is 4.73. The summed E-state index contributed by atoms with van der Waals surface area (Å²) < 4.78 is 103. The predicted molar refractivity (Wildman–Crippen MR) is 92.5 cm³/mol. The van der Waals surface area contributed by atoms with Crippen molar-refractivity contribution in [3.05, 3.63) is 64.2 Å². The molecule has 29 heavy (non-hydrogen) atoms. The van der Waals surface area contributed by atoms with E-state index in [9.17, 15) is 39.6 Å². The van der Waals surface area contributed by atoms with E-state index in [1.54, 1.807) is 0 Å². The van der Waals surface area contributed by atoms with E-state index in [0.717, 1.165) is 36.4 Å². The molecule has 0 amide bonds. The van der Waals surface area contributed by atoms with Crippen molar-refractivity contribution in [1.82, 2.24) is 0 Å². The average Bonchev–Trinajstić information content (AvgIpc) is 2.60. The summed E-state index contributed by atoms with van der Waals surface area (Å²) in [6.45, 7) is 1.24. The maximum Gasteiger partial charge on any atom is 0.534 e. The lowest BCUT2D eigenvalue weighted by Crippen LogP contribution is -2.28. The second kappa shape index (κ2) is 7.90. The van der Waals surface area contributed by atoms with Gasteiger partial charge in [0.05, 0.1) is 5.56 Å². The Hall–Kier alpha value is -2.82. The standard InChI is InChI=1S/C18H12F6O4S/c1-11-13(3-2-4-16(11)28-29(26,27)18(22,23)24)6-7-14-9-12(10-25)5-8-15(14)17(19,20)21/h2-10H,1H3/b7-6+. The minimum Gasteiger partial charge on any atom is -0.376 e. The van der Waals surface area contributed by atoms with Crippen molar-refractivity contribution in [2.45, 2.75) is 18.6 Å². The van der Waals surface area contributed by atoms with Crippen molar-refractivity contribution in [1.29, 1.82) is 0 Å². The highest BCUT2D eigenvalue weighted by Crippen LogP contribution is 2.34. The van der Waals surface area contributed by atoms with Crippen LogP contribution in [0.2, 0.25) is 0 Å². The third kappa shape index (κ3) is 5.17. The summed E-state index contributed by atoms with van der Waals surface area (Å²) in [4.78, 5) is 10.8. The van der Waals surface area contributed by atoms with Crippen LogP contribution in [0.3, 0.4) is 0 Å².